The van der Waals surface area contributed by atoms with Crippen molar-refractivity contribution in [2.75, 3.05) is 13.1 Å². The summed E-state index contributed by atoms with van der Waals surface area (Å²) < 4.78 is 40.0. The van der Waals surface area contributed by atoms with E-state index in [1.54, 1.807) is 18.2 Å². The molecule has 6 nitrogen and oxygen atoms in total. The molecule has 142 valence electrons. The van der Waals surface area contributed by atoms with Crippen LogP contribution in [0, 0.1) is 17.5 Å². The predicted molar refractivity (Wildman–Crippen MR) is 88.3 cm³/mol. The van der Waals surface area contributed by atoms with Gasteiger partial charge in [-0.25, -0.2) is 13.2 Å². The van der Waals surface area contributed by atoms with Gasteiger partial charge in [-0.2, -0.15) is 0 Å². The number of amides is 2. The summed E-state index contributed by atoms with van der Waals surface area (Å²) in [6.07, 6.45) is 0.577. The van der Waals surface area contributed by atoms with Crippen LogP contribution in [-0.2, 0) is 0 Å². The number of benzene rings is 1. The van der Waals surface area contributed by atoms with Gasteiger partial charge in [0, 0.05) is 19.3 Å². The zero-order valence-corrected chi connectivity index (χ0v) is 14.0. The molecule has 1 aromatic heterocycles. The van der Waals surface area contributed by atoms with Crippen LogP contribution < -0.4 is 5.32 Å². The molecule has 2 amide bonds. The predicted octanol–water partition coefficient (Wildman–Crippen LogP) is 1.50. The highest BCUT2D eigenvalue weighted by Gasteiger charge is 2.32. The average Bonchev–Trinajstić information content (AvgIpc) is 2.67. The number of aliphatic hydroxyl groups excluding tert-OH is 1. The number of carbonyl (C=O) groups is 2. The molecule has 0 radical (unpaired) electrons. The molecular formula is C18H16F3N3O3. The molecular weight excluding hydrogens is 363 g/mol. The van der Waals surface area contributed by atoms with Crippen molar-refractivity contribution in [1.29, 1.82) is 0 Å². The van der Waals surface area contributed by atoms with E-state index in [9.17, 15) is 27.9 Å². The fraction of sp³-hybridized carbons (Fsp3) is 0.278. The molecule has 2 heterocycles. The van der Waals surface area contributed by atoms with Gasteiger partial charge in [-0.1, -0.05) is 6.07 Å². The van der Waals surface area contributed by atoms with E-state index in [1.807, 2.05) is 0 Å². The summed E-state index contributed by atoms with van der Waals surface area (Å²) >= 11 is 0. The molecule has 1 aromatic carbocycles. The molecule has 1 saturated heterocycles. The van der Waals surface area contributed by atoms with Crippen molar-refractivity contribution in [3.63, 3.8) is 0 Å². The third-order valence-corrected chi connectivity index (χ3v) is 4.35. The van der Waals surface area contributed by atoms with Crippen molar-refractivity contribution in [3.05, 3.63) is 65.2 Å². The summed E-state index contributed by atoms with van der Waals surface area (Å²) in [5.41, 5.74) is -0.427. The fourth-order valence-corrected chi connectivity index (χ4v) is 2.88. The highest BCUT2D eigenvalue weighted by molar-refractivity contribution is 5.95. The summed E-state index contributed by atoms with van der Waals surface area (Å²) in [6, 6.07) is 5.60. The van der Waals surface area contributed by atoms with Crippen LogP contribution >= 0.6 is 0 Å². The summed E-state index contributed by atoms with van der Waals surface area (Å²) in [5.74, 6) is -6.06. The molecule has 2 N–H and O–H groups in total. The Morgan fingerprint density at radius 3 is 2.59 bits per heavy atom. The van der Waals surface area contributed by atoms with E-state index < -0.39 is 41.1 Å². The first kappa shape index (κ1) is 18.8. The second-order valence-corrected chi connectivity index (χ2v) is 6.13. The van der Waals surface area contributed by atoms with Crippen LogP contribution in [0.15, 0.2) is 36.5 Å². The highest BCUT2D eigenvalue weighted by atomic mass is 19.2. The summed E-state index contributed by atoms with van der Waals surface area (Å²) in [4.78, 5) is 29.8. The quantitative estimate of drug-likeness (QED) is 0.792. The molecule has 1 fully saturated rings. The Balaban J connectivity index is 1.64. The van der Waals surface area contributed by atoms with Gasteiger partial charge in [0.25, 0.3) is 11.8 Å². The van der Waals surface area contributed by atoms with E-state index in [0.29, 0.717) is 6.07 Å². The maximum Gasteiger partial charge on any atom is 0.272 e. The van der Waals surface area contributed by atoms with E-state index in [-0.39, 0.29) is 31.1 Å². The molecule has 1 aliphatic rings. The minimum atomic E-state index is -1.74. The summed E-state index contributed by atoms with van der Waals surface area (Å²) in [7, 11) is 0. The largest absolute Gasteiger partial charge is 0.389 e. The van der Waals surface area contributed by atoms with Gasteiger partial charge >= 0.3 is 0 Å². The van der Waals surface area contributed by atoms with Gasteiger partial charge in [0.2, 0.25) is 0 Å². The van der Waals surface area contributed by atoms with Crippen molar-refractivity contribution in [2.45, 2.75) is 18.6 Å². The highest BCUT2D eigenvalue weighted by Crippen LogP contribution is 2.18. The van der Waals surface area contributed by atoms with E-state index in [0.717, 1.165) is 6.07 Å². The lowest BCUT2D eigenvalue weighted by Gasteiger charge is -2.36. The van der Waals surface area contributed by atoms with Crippen LogP contribution in [0.1, 0.15) is 27.3 Å². The normalized spacial score (nSPS) is 19.6. The molecule has 0 unspecified atom stereocenters. The fourth-order valence-electron chi connectivity index (χ4n) is 2.88. The van der Waals surface area contributed by atoms with Gasteiger partial charge < -0.3 is 15.3 Å². The number of halogens is 3. The number of carbonyl (C=O) groups excluding carboxylic acids is 2. The third kappa shape index (κ3) is 3.92. The van der Waals surface area contributed by atoms with E-state index >= 15 is 0 Å². The zero-order chi connectivity index (χ0) is 19.6. The monoisotopic (exact) mass is 379 g/mol. The molecule has 1 aliphatic heterocycles. The van der Waals surface area contributed by atoms with Crippen LogP contribution in [-0.4, -0.2) is 52.0 Å². The molecule has 0 spiro atoms. The SMILES string of the molecule is O=C(N[C@@H]1CCN(C(=O)c2ccccn2)C[C@H]1O)c1ccc(F)c(F)c1F. The topological polar surface area (TPSA) is 82.5 Å². The van der Waals surface area contributed by atoms with Gasteiger partial charge in [0.15, 0.2) is 17.5 Å². The lowest BCUT2D eigenvalue weighted by atomic mass is 10.0. The van der Waals surface area contributed by atoms with E-state index in [4.69, 9.17) is 0 Å². The molecule has 3 rings (SSSR count). The maximum atomic E-state index is 13.7. The van der Waals surface area contributed by atoms with Crippen LogP contribution in [0.5, 0.6) is 0 Å². The summed E-state index contributed by atoms with van der Waals surface area (Å²) in [5, 5.41) is 12.6. The zero-order valence-electron chi connectivity index (χ0n) is 14.0. The molecule has 2 aromatic rings. The molecule has 27 heavy (non-hydrogen) atoms. The number of hydrogen-bond donors (Lipinski definition) is 2. The van der Waals surface area contributed by atoms with Gasteiger partial charge in [-0.15, -0.1) is 0 Å². The van der Waals surface area contributed by atoms with Crippen LogP contribution in [0.4, 0.5) is 13.2 Å². The number of hydrogen-bond acceptors (Lipinski definition) is 4. The Morgan fingerprint density at radius 2 is 1.93 bits per heavy atom. The number of nitrogens with zero attached hydrogens (tertiary/aromatic N) is 2. The Morgan fingerprint density at radius 1 is 1.15 bits per heavy atom. The minimum Gasteiger partial charge on any atom is -0.389 e. The second-order valence-electron chi connectivity index (χ2n) is 6.13. The standard InChI is InChI=1S/C18H16F3N3O3/c19-11-5-4-10(15(20)16(11)21)17(26)23-12-6-8-24(9-14(12)25)18(27)13-3-1-2-7-22-13/h1-5,7,12,14,25H,6,8-9H2,(H,23,26)/t12-,14-/m1/s1. The number of aromatic nitrogens is 1. The van der Waals surface area contributed by atoms with E-state index in [2.05, 4.69) is 10.3 Å². The first-order chi connectivity index (χ1) is 12.9. The molecule has 2 atom stereocenters. The smallest absolute Gasteiger partial charge is 0.272 e. The van der Waals surface area contributed by atoms with Crippen LogP contribution in [0.25, 0.3) is 0 Å². The van der Waals surface area contributed by atoms with Gasteiger partial charge in [-0.3, -0.25) is 14.6 Å². The number of β-amino-alcohol motifs (C(OH)–C–C–N with tert-alkyl or cyclic N) is 1. The minimum absolute atomic E-state index is 0.0549. The third-order valence-electron chi connectivity index (χ3n) is 4.35. The lowest BCUT2D eigenvalue weighted by molar-refractivity contribution is 0.0310. The van der Waals surface area contributed by atoms with Crippen molar-refractivity contribution in [3.8, 4) is 0 Å². The first-order valence-corrected chi connectivity index (χ1v) is 8.21. The van der Waals surface area contributed by atoms with Gasteiger partial charge in [-0.05, 0) is 30.7 Å². The number of piperidine rings is 1. The Kier molecular flexibility index (Phi) is 5.41. The maximum absolute atomic E-state index is 13.7. The lowest BCUT2D eigenvalue weighted by Crippen LogP contribution is -2.55. The number of rotatable bonds is 3. The number of aliphatic hydroxyl groups is 1. The average molecular weight is 379 g/mol. The number of likely N-dealkylation sites (tertiary alicyclic amines) is 1. The molecule has 0 aliphatic carbocycles. The van der Waals surface area contributed by atoms with Gasteiger partial charge in [0.05, 0.1) is 17.7 Å². The van der Waals surface area contributed by atoms with Crippen molar-refractivity contribution in [2.24, 2.45) is 0 Å². The van der Waals surface area contributed by atoms with E-state index in [1.165, 1.54) is 11.1 Å². The number of nitrogens with one attached hydrogen (secondary N) is 1. The van der Waals surface area contributed by atoms with Crippen molar-refractivity contribution in [1.82, 2.24) is 15.2 Å². The van der Waals surface area contributed by atoms with Crippen molar-refractivity contribution < 1.29 is 27.9 Å². The second kappa shape index (κ2) is 7.75. The molecule has 0 saturated carbocycles. The van der Waals surface area contributed by atoms with Crippen LogP contribution in [0.2, 0.25) is 0 Å². The Labute approximate surface area is 152 Å². The van der Waals surface area contributed by atoms with Gasteiger partial charge in [0.1, 0.15) is 5.69 Å². The Bertz CT molecular complexity index is 864. The Hall–Kier alpha value is -2.94. The van der Waals surface area contributed by atoms with Crippen LogP contribution in [0.3, 0.4) is 0 Å². The molecule has 0 bridgehead atoms. The van der Waals surface area contributed by atoms with Crippen molar-refractivity contribution >= 4 is 11.8 Å². The number of pyridine rings is 1. The first-order valence-electron chi connectivity index (χ1n) is 8.21. The molecule has 9 heteroatoms. The summed E-state index contributed by atoms with van der Waals surface area (Å²) in [6.45, 7) is 0.179.